The van der Waals surface area contributed by atoms with Gasteiger partial charge in [0.2, 0.25) is 11.8 Å². The fraction of sp³-hybridized carbons (Fsp3) is 0.500. The van der Waals surface area contributed by atoms with E-state index >= 15 is 0 Å². The molecule has 1 aromatic rings. The molecule has 2 amide bonds. The molecule has 1 atom stereocenters. The van der Waals surface area contributed by atoms with E-state index in [0.717, 1.165) is 0 Å². The van der Waals surface area contributed by atoms with Crippen molar-refractivity contribution in [2.24, 2.45) is 0 Å². The molecule has 0 aliphatic carbocycles. The zero-order valence-corrected chi connectivity index (χ0v) is 14.8. The molecule has 0 bridgehead atoms. The predicted molar refractivity (Wildman–Crippen MR) is 90.0 cm³/mol. The topological polar surface area (TPSA) is 49.4 Å². The van der Waals surface area contributed by atoms with Crippen LogP contribution in [0.3, 0.4) is 0 Å². The average Bonchev–Trinajstić information content (AvgIpc) is 2.45. The van der Waals surface area contributed by atoms with Gasteiger partial charge in [0.15, 0.2) is 0 Å². The van der Waals surface area contributed by atoms with Crippen molar-refractivity contribution >= 4 is 35.0 Å². The highest BCUT2D eigenvalue weighted by Crippen LogP contribution is 2.26. The monoisotopic (exact) mass is 344 g/mol. The van der Waals surface area contributed by atoms with Crippen LogP contribution in [0.5, 0.6) is 0 Å². The minimum atomic E-state index is -0.595. The summed E-state index contributed by atoms with van der Waals surface area (Å²) in [6.45, 7) is 7.42. The molecule has 0 unspecified atom stereocenters. The van der Waals surface area contributed by atoms with Crippen molar-refractivity contribution in [1.82, 2.24) is 10.2 Å². The molecule has 122 valence electrons. The van der Waals surface area contributed by atoms with Gasteiger partial charge in [0, 0.05) is 34.6 Å². The van der Waals surface area contributed by atoms with Crippen molar-refractivity contribution in [3.05, 3.63) is 33.8 Å². The molecule has 22 heavy (non-hydrogen) atoms. The molecule has 0 saturated heterocycles. The number of halogens is 2. The first kappa shape index (κ1) is 18.8. The molecule has 0 saturated carbocycles. The first-order valence-electron chi connectivity index (χ1n) is 7.30. The van der Waals surface area contributed by atoms with Gasteiger partial charge in [-0.25, -0.2) is 0 Å². The Balaban J connectivity index is 3.04. The van der Waals surface area contributed by atoms with Gasteiger partial charge in [0.1, 0.15) is 6.04 Å². The Bertz CT molecular complexity index is 527. The van der Waals surface area contributed by atoms with Gasteiger partial charge in [0.05, 0.1) is 0 Å². The van der Waals surface area contributed by atoms with E-state index in [-0.39, 0.29) is 24.4 Å². The highest BCUT2D eigenvalue weighted by atomic mass is 35.5. The predicted octanol–water partition coefficient (Wildman–Crippen LogP) is 3.65. The Kier molecular flexibility index (Phi) is 7.17. The summed E-state index contributed by atoms with van der Waals surface area (Å²) in [6.07, 6.45) is 0.307. The maximum absolute atomic E-state index is 12.2. The summed E-state index contributed by atoms with van der Waals surface area (Å²) in [5.41, 5.74) is 0.650. The zero-order valence-electron chi connectivity index (χ0n) is 13.3. The van der Waals surface area contributed by atoms with Crippen molar-refractivity contribution in [1.29, 1.82) is 0 Å². The van der Waals surface area contributed by atoms with E-state index in [4.69, 9.17) is 23.2 Å². The number of nitrogens with one attached hydrogen (secondary N) is 1. The highest BCUT2D eigenvalue weighted by molar-refractivity contribution is 6.36. The van der Waals surface area contributed by atoms with Gasteiger partial charge in [-0.2, -0.15) is 0 Å². The lowest BCUT2D eigenvalue weighted by atomic mass is 10.1. The van der Waals surface area contributed by atoms with Crippen molar-refractivity contribution in [2.75, 3.05) is 0 Å². The van der Waals surface area contributed by atoms with E-state index in [1.807, 2.05) is 13.8 Å². The van der Waals surface area contributed by atoms with Crippen LogP contribution in [0.15, 0.2) is 18.2 Å². The fourth-order valence-corrected chi connectivity index (χ4v) is 2.56. The third kappa shape index (κ3) is 4.89. The third-order valence-corrected chi connectivity index (χ3v) is 4.00. The smallest absolute Gasteiger partial charge is 0.242 e. The van der Waals surface area contributed by atoms with Crippen LogP contribution < -0.4 is 5.32 Å². The number of hydrogen-bond donors (Lipinski definition) is 1. The SMILES string of the molecule is CCC(=O)N(Cc1c(Cl)cccc1Cl)[C@H](C)C(=O)NC(C)C. The molecular weight excluding hydrogens is 323 g/mol. The summed E-state index contributed by atoms with van der Waals surface area (Å²) in [5.74, 6) is -0.317. The summed E-state index contributed by atoms with van der Waals surface area (Å²) >= 11 is 12.3. The van der Waals surface area contributed by atoms with E-state index in [0.29, 0.717) is 22.0 Å². The van der Waals surface area contributed by atoms with Gasteiger partial charge in [-0.1, -0.05) is 36.2 Å². The largest absolute Gasteiger partial charge is 0.352 e. The first-order valence-corrected chi connectivity index (χ1v) is 8.06. The maximum atomic E-state index is 12.2. The average molecular weight is 345 g/mol. The Morgan fingerprint density at radius 3 is 2.18 bits per heavy atom. The van der Waals surface area contributed by atoms with Gasteiger partial charge in [-0.15, -0.1) is 0 Å². The number of nitrogens with zero attached hydrogens (tertiary/aromatic N) is 1. The van der Waals surface area contributed by atoms with E-state index in [9.17, 15) is 9.59 Å². The second-order valence-corrected chi connectivity index (χ2v) is 6.23. The second-order valence-electron chi connectivity index (χ2n) is 5.41. The molecule has 6 heteroatoms. The maximum Gasteiger partial charge on any atom is 0.242 e. The Morgan fingerprint density at radius 2 is 1.73 bits per heavy atom. The summed E-state index contributed by atoms with van der Waals surface area (Å²) in [4.78, 5) is 25.9. The molecule has 0 radical (unpaired) electrons. The molecule has 0 heterocycles. The zero-order chi connectivity index (χ0) is 16.9. The fourth-order valence-electron chi connectivity index (χ4n) is 2.04. The van der Waals surface area contributed by atoms with Crippen molar-refractivity contribution < 1.29 is 9.59 Å². The molecule has 0 aliphatic heterocycles. The summed E-state index contributed by atoms with van der Waals surface area (Å²) in [6, 6.07) is 4.60. The first-order chi connectivity index (χ1) is 10.3. The molecule has 1 aromatic carbocycles. The van der Waals surface area contributed by atoms with Crippen molar-refractivity contribution in [2.45, 2.75) is 52.7 Å². The van der Waals surface area contributed by atoms with Crippen LogP contribution >= 0.6 is 23.2 Å². The minimum absolute atomic E-state index is 0.0115. The Hall–Kier alpha value is -1.26. The van der Waals surface area contributed by atoms with Gasteiger partial charge >= 0.3 is 0 Å². The molecule has 1 N–H and O–H groups in total. The van der Waals surface area contributed by atoms with Gasteiger partial charge in [0.25, 0.3) is 0 Å². The van der Waals surface area contributed by atoms with E-state index < -0.39 is 6.04 Å². The molecule has 0 aromatic heterocycles. The number of amides is 2. The standard InChI is InChI=1S/C16H22Cl2N2O2/c1-5-15(21)20(11(4)16(22)19-10(2)3)9-12-13(17)7-6-8-14(12)18/h6-8,10-11H,5,9H2,1-4H3,(H,19,22)/t11-/m1/s1. The molecule has 1 rings (SSSR count). The number of rotatable bonds is 6. The van der Waals surface area contributed by atoms with Crippen LogP contribution in [0.25, 0.3) is 0 Å². The van der Waals surface area contributed by atoms with E-state index in [2.05, 4.69) is 5.32 Å². The molecule has 0 fully saturated rings. The third-order valence-electron chi connectivity index (χ3n) is 3.29. The molecule has 0 aliphatic rings. The highest BCUT2D eigenvalue weighted by Gasteiger charge is 2.26. The summed E-state index contributed by atoms with van der Waals surface area (Å²) in [5, 5.41) is 3.79. The van der Waals surface area contributed by atoms with Gasteiger partial charge in [-0.3, -0.25) is 9.59 Å². The van der Waals surface area contributed by atoms with Crippen LogP contribution in [0.1, 0.15) is 39.7 Å². The number of benzene rings is 1. The lowest BCUT2D eigenvalue weighted by molar-refractivity contribution is -0.140. The summed E-state index contributed by atoms with van der Waals surface area (Å²) in [7, 11) is 0. The number of hydrogen-bond acceptors (Lipinski definition) is 2. The second kappa shape index (κ2) is 8.39. The van der Waals surface area contributed by atoms with Gasteiger partial charge in [-0.05, 0) is 32.9 Å². The van der Waals surface area contributed by atoms with Crippen molar-refractivity contribution in [3.63, 3.8) is 0 Å². The summed E-state index contributed by atoms with van der Waals surface area (Å²) < 4.78 is 0. The minimum Gasteiger partial charge on any atom is -0.352 e. The lowest BCUT2D eigenvalue weighted by Gasteiger charge is -2.29. The lowest BCUT2D eigenvalue weighted by Crippen LogP contribution is -2.49. The van der Waals surface area contributed by atoms with Crippen LogP contribution in [0, 0.1) is 0 Å². The molecular formula is C16H22Cl2N2O2. The van der Waals surface area contributed by atoms with Crippen LogP contribution in [-0.4, -0.2) is 28.8 Å². The quantitative estimate of drug-likeness (QED) is 0.856. The van der Waals surface area contributed by atoms with E-state index in [1.165, 1.54) is 4.90 Å². The Morgan fingerprint density at radius 1 is 1.18 bits per heavy atom. The normalized spacial score (nSPS) is 12.1. The Labute approximate surface area is 141 Å². The molecule has 0 spiro atoms. The van der Waals surface area contributed by atoms with Gasteiger partial charge < -0.3 is 10.2 Å². The van der Waals surface area contributed by atoms with Crippen molar-refractivity contribution in [3.8, 4) is 0 Å². The molecule has 4 nitrogen and oxygen atoms in total. The number of carbonyl (C=O) groups is 2. The van der Waals surface area contributed by atoms with Crippen LogP contribution in [0.2, 0.25) is 10.0 Å². The van der Waals surface area contributed by atoms with Crippen LogP contribution in [0.4, 0.5) is 0 Å². The number of carbonyl (C=O) groups excluding carboxylic acids is 2. The van der Waals surface area contributed by atoms with E-state index in [1.54, 1.807) is 32.0 Å². The van der Waals surface area contributed by atoms with Crippen LogP contribution in [-0.2, 0) is 16.1 Å².